The highest BCUT2D eigenvalue weighted by Crippen LogP contribution is 2.27. The van der Waals surface area contributed by atoms with E-state index in [1.807, 2.05) is 25.1 Å². The fraction of sp³-hybridized carbons (Fsp3) is 0.100. The Morgan fingerprint density at radius 1 is 1.32 bits per heavy atom. The quantitative estimate of drug-likeness (QED) is 0.569. The van der Waals surface area contributed by atoms with Crippen LogP contribution in [0.15, 0.2) is 53.9 Å². The highest BCUT2D eigenvalue weighted by Gasteiger charge is 2.12. The van der Waals surface area contributed by atoms with Crippen molar-refractivity contribution in [3.63, 3.8) is 0 Å². The predicted octanol–water partition coefficient (Wildman–Crippen LogP) is 3.95. The molecule has 0 fully saturated rings. The van der Waals surface area contributed by atoms with Crippen molar-refractivity contribution in [3.05, 3.63) is 70.9 Å². The summed E-state index contributed by atoms with van der Waals surface area (Å²) in [6.45, 7) is 3.30. The highest BCUT2D eigenvalue weighted by atomic mass is 35.5. The number of aromatic nitrogens is 3. The number of allylic oxidation sites excluding steroid dienone is 1. The van der Waals surface area contributed by atoms with Crippen LogP contribution >= 0.6 is 11.6 Å². The van der Waals surface area contributed by atoms with Crippen molar-refractivity contribution < 1.29 is 4.79 Å². The van der Waals surface area contributed by atoms with E-state index in [0.29, 0.717) is 39.2 Å². The van der Waals surface area contributed by atoms with Crippen LogP contribution in [0.4, 0.5) is 11.5 Å². The maximum Gasteiger partial charge on any atom is 0.222 e. The average molecular weight is 395 g/mol. The number of carbonyl (C=O) groups is 1. The number of benzene rings is 1. The number of aliphatic imine (C=N–C) groups is 1. The summed E-state index contributed by atoms with van der Waals surface area (Å²) in [6.07, 6.45) is 6.61. The van der Waals surface area contributed by atoms with Crippen molar-refractivity contribution in [3.8, 4) is 0 Å². The number of pyridine rings is 1. The van der Waals surface area contributed by atoms with Gasteiger partial charge in [-0.2, -0.15) is 0 Å². The van der Waals surface area contributed by atoms with Crippen LogP contribution in [0.25, 0.3) is 11.3 Å². The van der Waals surface area contributed by atoms with Crippen LogP contribution in [0.1, 0.15) is 23.9 Å². The lowest BCUT2D eigenvalue weighted by Crippen LogP contribution is -2.07. The molecule has 142 valence electrons. The number of rotatable bonds is 5. The van der Waals surface area contributed by atoms with E-state index >= 15 is 0 Å². The van der Waals surface area contributed by atoms with Crippen molar-refractivity contribution in [1.82, 2.24) is 15.0 Å². The molecule has 2 aromatic heterocycles. The number of hydrogen-bond acceptors (Lipinski definition) is 5. The van der Waals surface area contributed by atoms with Gasteiger partial charge in [-0.25, -0.2) is 9.97 Å². The van der Waals surface area contributed by atoms with Gasteiger partial charge in [0.2, 0.25) is 5.91 Å². The zero-order valence-electron chi connectivity index (χ0n) is 15.4. The van der Waals surface area contributed by atoms with Gasteiger partial charge in [-0.05, 0) is 18.6 Å². The molecule has 7 nitrogen and oxygen atoms in total. The number of imidazole rings is 1. The largest absolute Gasteiger partial charge is 0.398 e. The van der Waals surface area contributed by atoms with Gasteiger partial charge >= 0.3 is 0 Å². The van der Waals surface area contributed by atoms with Gasteiger partial charge in [0.25, 0.3) is 0 Å². The number of nitrogens with zero attached hydrogens (tertiary/aromatic N) is 3. The second kappa shape index (κ2) is 8.49. The number of amides is 1. The lowest BCUT2D eigenvalue weighted by molar-refractivity contribution is -0.114. The number of halogens is 1. The number of nitrogens with two attached hydrogens (primary N) is 1. The summed E-state index contributed by atoms with van der Waals surface area (Å²) in [4.78, 5) is 27.3. The summed E-state index contributed by atoms with van der Waals surface area (Å²) in [6, 6.07) is 8.99. The van der Waals surface area contributed by atoms with Gasteiger partial charge in [-0.1, -0.05) is 29.8 Å². The van der Waals surface area contributed by atoms with Gasteiger partial charge < -0.3 is 16.0 Å². The number of anilines is 1. The number of hydrogen-bond donors (Lipinski definition) is 3. The van der Waals surface area contributed by atoms with E-state index in [1.54, 1.807) is 36.9 Å². The molecule has 0 aliphatic heterocycles. The number of H-pyrrole nitrogens is 1. The molecule has 0 saturated carbocycles. The van der Waals surface area contributed by atoms with Gasteiger partial charge in [-0.15, -0.1) is 0 Å². The van der Waals surface area contributed by atoms with Crippen LogP contribution in [0.5, 0.6) is 0 Å². The van der Waals surface area contributed by atoms with Crippen LogP contribution in [0, 0.1) is 6.92 Å². The first-order valence-electron chi connectivity index (χ1n) is 8.48. The third-order valence-electron chi connectivity index (χ3n) is 3.92. The maximum absolute atomic E-state index is 11.3. The van der Waals surface area contributed by atoms with E-state index in [2.05, 4.69) is 25.3 Å². The molecule has 0 aliphatic rings. The summed E-state index contributed by atoms with van der Waals surface area (Å²) >= 11 is 6.30. The molecule has 0 unspecified atom stereocenters. The molecule has 1 amide bonds. The molecule has 8 heteroatoms. The average Bonchev–Trinajstić information content (AvgIpc) is 3.18. The summed E-state index contributed by atoms with van der Waals surface area (Å²) < 4.78 is 0. The topological polar surface area (TPSA) is 109 Å². The molecular formula is C20H19ClN6O. The first-order valence-corrected chi connectivity index (χ1v) is 8.86. The summed E-state index contributed by atoms with van der Waals surface area (Å²) in [7, 11) is 0. The van der Waals surface area contributed by atoms with Crippen molar-refractivity contribution >= 4 is 46.5 Å². The van der Waals surface area contributed by atoms with Crippen LogP contribution in [-0.4, -0.2) is 27.1 Å². The van der Waals surface area contributed by atoms with E-state index in [0.717, 1.165) is 5.56 Å². The van der Waals surface area contributed by atoms with Gasteiger partial charge in [-0.3, -0.25) is 9.79 Å². The molecule has 3 aromatic rings. The van der Waals surface area contributed by atoms with Gasteiger partial charge in [0.1, 0.15) is 11.6 Å². The van der Waals surface area contributed by atoms with Crippen LogP contribution in [0.3, 0.4) is 0 Å². The Morgan fingerprint density at radius 2 is 2.11 bits per heavy atom. The fourth-order valence-corrected chi connectivity index (χ4v) is 2.77. The molecule has 0 radical (unpaired) electrons. The molecule has 0 spiro atoms. The monoisotopic (exact) mass is 394 g/mol. The minimum absolute atomic E-state index is 0.203. The van der Waals surface area contributed by atoms with Crippen LogP contribution < -0.4 is 11.1 Å². The summed E-state index contributed by atoms with van der Waals surface area (Å²) in [5.74, 6) is 0.785. The summed E-state index contributed by atoms with van der Waals surface area (Å²) in [5, 5.41) is 3.18. The molecule has 0 saturated heterocycles. The third kappa shape index (κ3) is 4.44. The summed E-state index contributed by atoms with van der Waals surface area (Å²) in [5.41, 5.74) is 9.62. The standard InChI is InChI=1S/C20H19ClN6O/c1-12-10-26-18(27-13(2)28)9-17(12)25-11-15(20-23-7-8-24-20)19(22)14-5-3-4-6-16(14)21/h3-11H,22H2,1-2H3,(H,23,24)(H,26,27,28)/b19-15+,25-11?. The lowest BCUT2D eigenvalue weighted by atomic mass is 10.1. The Bertz CT molecular complexity index is 1060. The van der Waals surface area contributed by atoms with E-state index in [1.165, 1.54) is 6.92 Å². The Morgan fingerprint density at radius 3 is 2.79 bits per heavy atom. The van der Waals surface area contributed by atoms with E-state index in [9.17, 15) is 4.79 Å². The first kappa shape index (κ1) is 19.3. The van der Waals surface area contributed by atoms with Crippen molar-refractivity contribution in [2.24, 2.45) is 10.7 Å². The molecule has 28 heavy (non-hydrogen) atoms. The molecule has 3 rings (SSSR count). The molecule has 0 bridgehead atoms. The Balaban J connectivity index is 2.06. The number of nitrogens with one attached hydrogen (secondary N) is 2. The fourth-order valence-electron chi connectivity index (χ4n) is 2.53. The molecule has 1 aromatic carbocycles. The smallest absolute Gasteiger partial charge is 0.222 e. The zero-order valence-corrected chi connectivity index (χ0v) is 16.2. The normalized spacial score (nSPS) is 12.1. The molecule has 0 atom stereocenters. The lowest BCUT2D eigenvalue weighted by Gasteiger charge is -2.09. The second-order valence-electron chi connectivity index (χ2n) is 6.04. The van der Waals surface area contributed by atoms with E-state index in [4.69, 9.17) is 17.3 Å². The molecule has 0 aliphatic carbocycles. The Hall–Kier alpha value is -3.45. The molecule has 4 N–H and O–H groups in total. The Kier molecular flexibility index (Phi) is 5.86. The van der Waals surface area contributed by atoms with Crippen molar-refractivity contribution in [2.45, 2.75) is 13.8 Å². The number of aromatic amines is 1. The number of carbonyl (C=O) groups excluding carboxylic acids is 1. The van der Waals surface area contributed by atoms with Crippen molar-refractivity contribution in [1.29, 1.82) is 0 Å². The number of aryl methyl sites for hydroxylation is 1. The predicted molar refractivity (Wildman–Crippen MR) is 112 cm³/mol. The molecule has 2 heterocycles. The minimum atomic E-state index is -0.203. The van der Waals surface area contributed by atoms with Gasteiger partial charge in [0.15, 0.2) is 0 Å². The second-order valence-corrected chi connectivity index (χ2v) is 6.45. The van der Waals surface area contributed by atoms with E-state index in [-0.39, 0.29) is 5.91 Å². The molecular weight excluding hydrogens is 376 g/mol. The highest BCUT2D eigenvalue weighted by molar-refractivity contribution is 6.33. The van der Waals surface area contributed by atoms with Crippen LogP contribution in [-0.2, 0) is 4.79 Å². The Labute approximate surface area is 167 Å². The van der Waals surface area contributed by atoms with Gasteiger partial charge in [0.05, 0.1) is 17.0 Å². The van der Waals surface area contributed by atoms with Crippen LogP contribution in [0.2, 0.25) is 5.02 Å². The first-order chi connectivity index (χ1) is 13.5. The van der Waals surface area contributed by atoms with E-state index < -0.39 is 0 Å². The third-order valence-corrected chi connectivity index (χ3v) is 4.25. The van der Waals surface area contributed by atoms with Crippen molar-refractivity contribution in [2.75, 3.05) is 5.32 Å². The zero-order chi connectivity index (χ0) is 20.1. The minimum Gasteiger partial charge on any atom is -0.398 e. The van der Waals surface area contributed by atoms with Gasteiger partial charge in [0, 0.05) is 48.4 Å². The maximum atomic E-state index is 11.3. The SMILES string of the molecule is CC(=O)Nc1cc(N=C/C(=C(\N)c2ccccc2Cl)c2ncc[nH]2)c(C)cn1.